The molecular formula is C18H29NS. The van der Waals surface area contributed by atoms with Crippen molar-refractivity contribution in [1.82, 2.24) is 5.32 Å². The SMILES string of the molecule is CSc1ccc(C(C)N[C@@H](C)C2CCCCCC2)cc1. The van der Waals surface area contributed by atoms with Crippen molar-refractivity contribution in [1.29, 1.82) is 0 Å². The third-order valence-corrected chi connectivity index (χ3v) is 5.48. The van der Waals surface area contributed by atoms with Crippen LogP contribution in [0.25, 0.3) is 0 Å². The minimum absolute atomic E-state index is 0.448. The van der Waals surface area contributed by atoms with Crippen LogP contribution in [0.2, 0.25) is 0 Å². The third kappa shape index (κ3) is 4.53. The van der Waals surface area contributed by atoms with Gasteiger partial charge in [0, 0.05) is 17.0 Å². The fourth-order valence-corrected chi connectivity index (χ4v) is 3.74. The van der Waals surface area contributed by atoms with Crippen LogP contribution in [0.15, 0.2) is 29.2 Å². The molecule has 0 saturated heterocycles. The van der Waals surface area contributed by atoms with Gasteiger partial charge in [-0.15, -0.1) is 11.8 Å². The van der Waals surface area contributed by atoms with Crippen LogP contribution in [0.3, 0.4) is 0 Å². The van der Waals surface area contributed by atoms with Gasteiger partial charge >= 0.3 is 0 Å². The van der Waals surface area contributed by atoms with Gasteiger partial charge in [-0.3, -0.25) is 0 Å². The number of benzene rings is 1. The zero-order valence-corrected chi connectivity index (χ0v) is 14.0. The average Bonchev–Trinajstić information content (AvgIpc) is 2.76. The lowest BCUT2D eigenvalue weighted by Gasteiger charge is -2.27. The molecule has 2 rings (SSSR count). The quantitative estimate of drug-likeness (QED) is 0.574. The number of thioether (sulfide) groups is 1. The van der Waals surface area contributed by atoms with E-state index in [-0.39, 0.29) is 0 Å². The molecule has 1 nitrogen and oxygen atoms in total. The highest BCUT2D eigenvalue weighted by atomic mass is 32.2. The summed E-state index contributed by atoms with van der Waals surface area (Å²) in [6, 6.07) is 10.1. The molecule has 1 aromatic rings. The van der Waals surface area contributed by atoms with Gasteiger partial charge in [0.1, 0.15) is 0 Å². The molecule has 0 spiro atoms. The maximum atomic E-state index is 3.82. The average molecular weight is 292 g/mol. The largest absolute Gasteiger partial charge is 0.307 e. The summed E-state index contributed by atoms with van der Waals surface area (Å²) >= 11 is 1.81. The summed E-state index contributed by atoms with van der Waals surface area (Å²) in [4.78, 5) is 1.35. The molecule has 1 fully saturated rings. The molecule has 0 heterocycles. The molecular weight excluding hydrogens is 262 g/mol. The van der Waals surface area contributed by atoms with Crippen molar-refractivity contribution in [2.45, 2.75) is 69.4 Å². The molecule has 2 atom stereocenters. The van der Waals surface area contributed by atoms with Crippen LogP contribution < -0.4 is 5.32 Å². The van der Waals surface area contributed by atoms with E-state index < -0.39 is 0 Å². The predicted octanol–water partition coefficient (Wildman–Crippen LogP) is 5.42. The smallest absolute Gasteiger partial charge is 0.0294 e. The molecule has 1 aliphatic rings. The van der Waals surface area contributed by atoms with Crippen LogP contribution in [0, 0.1) is 5.92 Å². The summed E-state index contributed by atoms with van der Waals surface area (Å²) in [5, 5.41) is 3.82. The molecule has 112 valence electrons. The lowest BCUT2D eigenvalue weighted by molar-refractivity contribution is 0.316. The highest BCUT2D eigenvalue weighted by molar-refractivity contribution is 7.98. The van der Waals surface area contributed by atoms with Crippen LogP contribution in [-0.4, -0.2) is 12.3 Å². The number of hydrogen-bond donors (Lipinski definition) is 1. The highest BCUT2D eigenvalue weighted by Crippen LogP contribution is 2.27. The first-order chi connectivity index (χ1) is 9.70. The molecule has 0 aromatic heterocycles. The molecule has 0 aliphatic heterocycles. The van der Waals surface area contributed by atoms with Crippen LogP contribution >= 0.6 is 11.8 Å². The van der Waals surface area contributed by atoms with Gasteiger partial charge in [-0.2, -0.15) is 0 Å². The maximum Gasteiger partial charge on any atom is 0.0294 e. The Balaban J connectivity index is 1.89. The predicted molar refractivity (Wildman–Crippen MR) is 90.4 cm³/mol. The molecule has 1 N–H and O–H groups in total. The molecule has 0 amide bonds. The second-order valence-electron chi connectivity index (χ2n) is 6.20. The van der Waals surface area contributed by atoms with Gasteiger partial charge in [0.05, 0.1) is 0 Å². The Bertz CT molecular complexity index is 379. The number of rotatable bonds is 5. The summed E-state index contributed by atoms with van der Waals surface area (Å²) in [5.74, 6) is 0.866. The van der Waals surface area contributed by atoms with Crippen molar-refractivity contribution in [3.8, 4) is 0 Å². The van der Waals surface area contributed by atoms with Crippen molar-refractivity contribution >= 4 is 11.8 Å². The van der Waals surface area contributed by atoms with E-state index in [1.54, 1.807) is 0 Å². The monoisotopic (exact) mass is 291 g/mol. The van der Waals surface area contributed by atoms with Gasteiger partial charge < -0.3 is 5.32 Å². The Morgan fingerprint density at radius 3 is 2.15 bits per heavy atom. The molecule has 1 aromatic carbocycles. The van der Waals surface area contributed by atoms with Gasteiger partial charge in [0.2, 0.25) is 0 Å². The van der Waals surface area contributed by atoms with E-state index >= 15 is 0 Å². The van der Waals surface area contributed by atoms with Gasteiger partial charge in [-0.05, 0) is 56.6 Å². The van der Waals surface area contributed by atoms with Crippen molar-refractivity contribution in [2.24, 2.45) is 5.92 Å². The van der Waals surface area contributed by atoms with Crippen molar-refractivity contribution in [3.63, 3.8) is 0 Å². The van der Waals surface area contributed by atoms with Crippen LogP contribution in [0.1, 0.15) is 64.0 Å². The van der Waals surface area contributed by atoms with E-state index in [9.17, 15) is 0 Å². The Labute approximate surface area is 128 Å². The molecule has 0 bridgehead atoms. The number of hydrogen-bond acceptors (Lipinski definition) is 2. The van der Waals surface area contributed by atoms with Crippen LogP contribution in [-0.2, 0) is 0 Å². The molecule has 1 aliphatic carbocycles. The van der Waals surface area contributed by atoms with Crippen LogP contribution in [0.5, 0.6) is 0 Å². The van der Waals surface area contributed by atoms with E-state index in [2.05, 4.69) is 49.7 Å². The summed E-state index contributed by atoms with van der Waals surface area (Å²) in [5.41, 5.74) is 1.41. The Morgan fingerprint density at radius 2 is 1.60 bits per heavy atom. The standard InChI is InChI=1S/C18H29NS/c1-14(16-8-6-4-5-7-9-16)19-15(2)17-10-12-18(20-3)13-11-17/h10-16,19H,4-9H2,1-3H3/t14-,15?/m0/s1. The van der Waals surface area contributed by atoms with E-state index in [1.807, 2.05) is 11.8 Å². The van der Waals surface area contributed by atoms with Gasteiger partial charge in [-0.25, -0.2) is 0 Å². The summed E-state index contributed by atoms with van der Waals surface area (Å²) in [6.07, 6.45) is 10.7. The molecule has 20 heavy (non-hydrogen) atoms. The second kappa shape index (κ2) is 8.09. The minimum atomic E-state index is 0.448. The second-order valence-corrected chi connectivity index (χ2v) is 7.08. The Hall–Kier alpha value is -0.470. The fourth-order valence-electron chi connectivity index (χ4n) is 3.33. The molecule has 0 radical (unpaired) electrons. The fraction of sp³-hybridized carbons (Fsp3) is 0.667. The zero-order chi connectivity index (χ0) is 14.4. The van der Waals surface area contributed by atoms with Gasteiger partial charge in [-0.1, -0.05) is 37.8 Å². The topological polar surface area (TPSA) is 12.0 Å². The highest BCUT2D eigenvalue weighted by Gasteiger charge is 2.20. The van der Waals surface area contributed by atoms with Crippen molar-refractivity contribution < 1.29 is 0 Å². The first-order valence-corrected chi connectivity index (χ1v) is 9.33. The normalized spacial score (nSPS) is 20.4. The van der Waals surface area contributed by atoms with Crippen LogP contribution in [0.4, 0.5) is 0 Å². The first-order valence-electron chi connectivity index (χ1n) is 8.10. The third-order valence-electron chi connectivity index (χ3n) is 4.74. The summed E-state index contributed by atoms with van der Waals surface area (Å²) in [7, 11) is 0. The molecule has 2 heteroatoms. The first kappa shape index (κ1) is 15.9. The molecule has 1 saturated carbocycles. The van der Waals surface area contributed by atoms with E-state index in [0.717, 1.165) is 5.92 Å². The minimum Gasteiger partial charge on any atom is -0.307 e. The Morgan fingerprint density at radius 1 is 1.00 bits per heavy atom. The maximum absolute atomic E-state index is 3.82. The molecule has 1 unspecified atom stereocenters. The van der Waals surface area contributed by atoms with Gasteiger partial charge in [0.15, 0.2) is 0 Å². The lowest BCUT2D eigenvalue weighted by atomic mass is 9.92. The lowest BCUT2D eigenvalue weighted by Crippen LogP contribution is -2.35. The summed E-state index contributed by atoms with van der Waals surface area (Å²) < 4.78 is 0. The summed E-state index contributed by atoms with van der Waals surface area (Å²) in [6.45, 7) is 4.67. The van der Waals surface area contributed by atoms with E-state index in [4.69, 9.17) is 0 Å². The Kier molecular flexibility index (Phi) is 6.44. The van der Waals surface area contributed by atoms with Crippen molar-refractivity contribution in [3.05, 3.63) is 29.8 Å². The zero-order valence-electron chi connectivity index (χ0n) is 13.2. The van der Waals surface area contributed by atoms with E-state index in [1.165, 1.54) is 49.0 Å². The van der Waals surface area contributed by atoms with Crippen molar-refractivity contribution in [2.75, 3.05) is 6.26 Å². The van der Waals surface area contributed by atoms with Gasteiger partial charge in [0.25, 0.3) is 0 Å². The van der Waals surface area contributed by atoms with E-state index in [0.29, 0.717) is 12.1 Å². The number of nitrogens with one attached hydrogen (secondary N) is 1.